The summed E-state index contributed by atoms with van der Waals surface area (Å²) in [7, 11) is 0. The molecule has 0 amide bonds. The van der Waals surface area contributed by atoms with E-state index in [4.69, 9.17) is 9.47 Å². The quantitative estimate of drug-likeness (QED) is 0.835. The summed E-state index contributed by atoms with van der Waals surface area (Å²) in [6.45, 7) is 1.12. The summed E-state index contributed by atoms with van der Waals surface area (Å²) in [6, 6.07) is 1.69. The molecule has 92 valence electrons. The Labute approximate surface area is 107 Å². The molecule has 17 heavy (non-hydrogen) atoms. The maximum absolute atomic E-state index is 10.2. The maximum Gasteiger partial charge on any atom is 0.171 e. The van der Waals surface area contributed by atoms with Crippen LogP contribution in [0, 0.1) is 0 Å². The molecule has 0 bridgehead atoms. The topological polar surface area (TPSA) is 58.9 Å². The fraction of sp³-hybridized carbons (Fsp3) is 0.500. The zero-order valence-corrected chi connectivity index (χ0v) is 10.8. The Morgan fingerprint density at radius 1 is 1.24 bits per heavy atom. The van der Waals surface area contributed by atoms with Crippen LogP contribution in [-0.2, 0) is 5.60 Å². The number of fused-ring (bicyclic) bond motifs is 1. The van der Waals surface area contributed by atoms with Crippen molar-refractivity contribution in [2.24, 2.45) is 0 Å². The Morgan fingerprint density at radius 3 is 2.65 bits per heavy atom. The minimum absolute atomic E-state index is 0.0502. The fourth-order valence-corrected chi connectivity index (χ4v) is 2.47. The molecule has 0 radical (unpaired) electrons. The van der Waals surface area contributed by atoms with Crippen LogP contribution < -0.4 is 9.47 Å². The van der Waals surface area contributed by atoms with Crippen LogP contribution in [0.2, 0.25) is 0 Å². The zero-order chi connectivity index (χ0) is 12.0. The first-order valence-corrected chi connectivity index (χ1v) is 6.45. The average molecular weight is 301 g/mol. The van der Waals surface area contributed by atoms with Gasteiger partial charge in [-0.2, -0.15) is 0 Å². The van der Waals surface area contributed by atoms with Gasteiger partial charge in [0.1, 0.15) is 5.75 Å². The highest BCUT2D eigenvalue weighted by Crippen LogP contribution is 2.56. The minimum Gasteiger partial charge on any atom is -0.506 e. The van der Waals surface area contributed by atoms with E-state index >= 15 is 0 Å². The van der Waals surface area contributed by atoms with Gasteiger partial charge in [0.15, 0.2) is 11.5 Å². The van der Waals surface area contributed by atoms with Gasteiger partial charge in [-0.25, -0.2) is 0 Å². The van der Waals surface area contributed by atoms with E-state index in [-0.39, 0.29) is 5.75 Å². The van der Waals surface area contributed by atoms with Crippen LogP contribution in [0.15, 0.2) is 10.5 Å². The summed E-state index contributed by atoms with van der Waals surface area (Å²) >= 11 is 3.27. The van der Waals surface area contributed by atoms with Gasteiger partial charge in [-0.05, 0) is 28.8 Å². The molecule has 5 heteroatoms. The first-order valence-electron chi connectivity index (χ1n) is 5.66. The molecule has 3 rings (SSSR count). The largest absolute Gasteiger partial charge is 0.506 e. The van der Waals surface area contributed by atoms with Crippen LogP contribution in [0.5, 0.6) is 17.2 Å². The lowest BCUT2D eigenvalue weighted by molar-refractivity contribution is 0.141. The van der Waals surface area contributed by atoms with E-state index in [2.05, 4.69) is 15.9 Å². The normalized spacial score (nSPS) is 20.8. The van der Waals surface area contributed by atoms with Gasteiger partial charge >= 0.3 is 0 Å². The van der Waals surface area contributed by atoms with E-state index in [1.807, 2.05) is 0 Å². The summed E-state index contributed by atoms with van der Waals surface area (Å²) in [4.78, 5) is 0. The van der Waals surface area contributed by atoms with Crippen LogP contribution in [0.25, 0.3) is 0 Å². The lowest BCUT2D eigenvalue weighted by Crippen LogP contribution is -2.09. The van der Waals surface area contributed by atoms with Crippen molar-refractivity contribution >= 4 is 15.9 Å². The monoisotopic (exact) mass is 300 g/mol. The number of hydrogen-bond acceptors (Lipinski definition) is 4. The van der Waals surface area contributed by atoms with Gasteiger partial charge in [-0.3, -0.25) is 0 Å². The minimum atomic E-state index is -0.953. The highest BCUT2D eigenvalue weighted by atomic mass is 79.9. The molecule has 0 saturated heterocycles. The predicted molar refractivity (Wildman–Crippen MR) is 64.5 cm³/mol. The molecule has 1 fully saturated rings. The first kappa shape index (κ1) is 11.2. The molecule has 2 aliphatic rings. The first-order chi connectivity index (χ1) is 8.12. The number of benzene rings is 1. The molecule has 1 saturated carbocycles. The molecule has 2 N–H and O–H groups in total. The van der Waals surface area contributed by atoms with Crippen molar-refractivity contribution in [3.05, 3.63) is 16.1 Å². The summed E-state index contributed by atoms with van der Waals surface area (Å²) in [5.74, 6) is 1.12. The van der Waals surface area contributed by atoms with Gasteiger partial charge in [0.25, 0.3) is 0 Å². The highest BCUT2D eigenvalue weighted by molar-refractivity contribution is 9.10. The van der Waals surface area contributed by atoms with Crippen molar-refractivity contribution in [3.63, 3.8) is 0 Å². The fourth-order valence-electron chi connectivity index (χ4n) is 2.07. The summed E-state index contributed by atoms with van der Waals surface area (Å²) in [5, 5.41) is 20.3. The van der Waals surface area contributed by atoms with Gasteiger partial charge in [0.2, 0.25) is 0 Å². The number of aliphatic hydroxyl groups is 1. The van der Waals surface area contributed by atoms with Crippen molar-refractivity contribution in [2.45, 2.75) is 24.9 Å². The molecule has 0 spiro atoms. The van der Waals surface area contributed by atoms with Gasteiger partial charge in [-0.15, -0.1) is 0 Å². The van der Waals surface area contributed by atoms with Crippen molar-refractivity contribution in [2.75, 3.05) is 13.2 Å². The maximum atomic E-state index is 10.2. The molecule has 0 atom stereocenters. The summed E-state index contributed by atoms with van der Waals surface area (Å²) in [6.07, 6.45) is 2.09. The van der Waals surface area contributed by atoms with E-state index in [1.54, 1.807) is 6.07 Å². The molecular formula is C12H13BrO4. The number of ether oxygens (including phenoxy) is 2. The number of halogens is 1. The number of aromatic hydroxyl groups is 1. The van der Waals surface area contributed by atoms with E-state index in [9.17, 15) is 10.2 Å². The third kappa shape index (κ3) is 1.77. The lowest BCUT2D eigenvalue weighted by atomic mass is 10.0. The second-order valence-corrected chi connectivity index (χ2v) is 5.35. The van der Waals surface area contributed by atoms with Crippen molar-refractivity contribution in [1.29, 1.82) is 0 Å². The van der Waals surface area contributed by atoms with Gasteiger partial charge in [-0.1, -0.05) is 0 Å². The van der Waals surface area contributed by atoms with E-state index in [0.717, 1.165) is 6.42 Å². The van der Waals surface area contributed by atoms with Crippen molar-refractivity contribution in [3.8, 4) is 17.2 Å². The molecule has 0 aromatic heterocycles. The van der Waals surface area contributed by atoms with Crippen molar-refractivity contribution < 1.29 is 19.7 Å². The number of rotatable bonds is 1. The van der Waals surface area contributed by atoms with Crippen LogP contribution in [0.3, 0.4) is 0 Å². The SMILES string of the molecule is Oc1c(Br)cc2c(c1C1(O)CC1)OCCCO2. The van der Waals surface area contributed by atoms with Gasteiger partial charge in [0.05, 0.1) is 28.9 Å². The zero-order valence-electron chi connectivity index (χ0n) is 9.20. The van der Waals surface area contributed by atoms with Gasteiger partial charge < -0.3 is 19.7 Å². The number of phenolic OH excluding ortho intramolecular Hbond substituents is 1. The Balaban J connectivity index is 2.20. The molecule has 1 aromatic carbocycles. The number of phenols is 1. The smallest absolute Gasteiger partial charge is 0.171 e. The third-order valence-corrected chi connectivity index (χ3v) is 3.76. The summed E-state index contributed by atoms with van der Waals surface area (Å²) < 4.78 is 11.7. The molecule has 4 nitrogen and oxygen atoms in total. The molecule has 1 aromatic rings. The van der Waals surface area contributed by atoms with Crippen LogP contribution in [0.4, 0.5) is 0 Å². The predicted octanol–water partition coefficient (Wildman–Crippen LogP) is 2.30. The van der Waals surface area contributed by atoms with Gasteiger partial charge in [0, 0.05) is 12.5 Å². The van der Waals surface area contributed by atoms with E-state index in [1.165, 1.54) is 0 Å². The second kappa shape index (κ2) is 3.78. The standard InChI is InChI=1S/C12H13BrO4/c13-7-6-8-11(17-5-1-4-16-8)9(10(7)14)12(15)2-3-12/h6,14-15H,1-5H2. The Bertz CT molecular complexity index is 468. The second-order valence-electron chi connectivity index (χ2n) is 4.49. The third-order valence-electron chi connectivity index (χ3n) is 3.15. The Morgan fingerprint density at radius 2 is 1.94 bits per heavy atom. The van der Waals surface area contributed by atoms with Crippen molar-refractivity contribution in [1.82, 2.24) is 0 Å². The molecule has 0 unspecified atom stereocenters. The Hall–Kier alpha value is -0.940. The highest BCUT2D eigenvalue weighted by Gasteiger charge is 2.48. The molecule has 1 aliphatic heterocycles. The van der Waals surface area contributed by atoms with E-state index in [0.29, 0.717) is 47.6 Å². The summed E-state index contributed by atoms with van der Waals surface area (Å²) in [5.41, 5.74) is -0.491. The average Bonchev–Trinajstić information content (AvgIpc) is 3.05. The lowest BCUT2D eigenvalue weighted by Gasteiger charge is -2.18. The number of hydrogen-bond donors (Lipinski definition) is 2. The van der Waals surface area contributed by atoms with Crippen LogP contribution in [-0.4, -0.2) is 23.4 Å². The molecule has 1 aliphatic carbocycles. The van der Waals surface area contributed by atoms with E-state index < -0.39 is 5.60 Å². The Kier molecular flexibility index (Phi) is 2.48. The molecular weight excluding hydrogens is 288 g/mol. The molecule has 1 heterocycles. The van der Waals surface area contributed by atoms with Crippen LogP contribution >= 0.6 is 15.9 Å². The van der Waals surface area contributed by atoms with Crippen LogP contribution in [0.1, 0.15) is 24.8 Å².